The van der Waals surface area contributed by atoms with Gasteiger partial charge in [-0.2, -0.15) is 0 Å². The van der Waals surface area contributed by atoms with E-state index in [1.807, 2.05) is 0 Å². The molecule has 2 rings (SSSR count). The van der Waals surface area contributed by atoms with Crippen molar-refractivity contribution in [3.05, 3.63) is 38.9 Å². The molecule has 0 radical (unpaired) electrons. The van der Waals surface area contributed by atoms with E-state index in [4.69, 9.17) is 11.6 Å². The van der Waals surface area contributed by atoms with E-state index in [1.165, 1.54) is 43.9 Å². The van der Waals surface area contributed by atoms with Crippen molar-refractivity contribution in [3.8, 4) is 0 Å². The summed E-state index contributed by atoms with van der Waals surface area (Å²) in [5.74, 6) is 0.436. The Morgan fingerprint density at radius 2 is 2.10 bits per heavy atom. The fraction of sp³-hybridized carbons (Fsp3) is 0.500. The number of carbonyl (C=O) groups is 1. The fourth-order valence-electron chi connectivity index (χ4n) is 2.59. The van der Waals surface area contributed by atoms with Gasteiger partial charge in [0.1, 0.15) is 0 Å². The molecular weight excluding hydrogens is 280 g/mol. The zero-order valence-electron chi connectivity index (χ0n) is 11.1. The van der Waals surface area contributed by atoms with Crippen LogP contribution in [-0.4, -0.2) is 17.4 Å². The predicted octanol–water partition coefficient (Wildman–Crippen LogP) is 3.56. The first-order valence-electron chi connectivity index (χ1n) is 6.80. The minimum atomic E-state index is -0.534. The molecule has 1 N–H and O–H groups in total. The molecular formula is C14H17ClN2O3. The molecule has 1 aliphatic carbocycles. The molecule has 0 aliphatic heterocycles. The molecule has 0 aromatic heterocycles. The summed E-state index contributed by atoms with van der Waals surface area (Å²) in [4.78, 5) is 22.0. The SMILES string of the molecule is O=C(NCCC1CCCC1)c1ccc([N+](=O)[O-])cc1Cl. The largest absolute Gasteiger partial charge is 0.352 e. The van der Waals surface area contributed by atoms with Crippen LogP contribution in [0.15, 0.2) is 18.2 Å². The molecule has 0 heterocycles. The molecule has 1 aromatic carbocycles. The molecule has 1 aliphatic rings. The van der Waals surface area contributed by atoms with Gasteiger partial charge in [0.25, 0.3) is 11.6 Å². The molecule has 1 aromatic rings. The second kappa shape index (κ2) is 6.70. The summed E-state index contributed by atoms with van der Waals surface area (Å²) in [6.07, 6.45) is 6.04. The van der Waals surface area contributed by atoms with E-state index in [0.717, 1.165) is 6.42 Å². The maximum absolute atomic E-state index is 12.0. The summed E-state index contributed by atoms with van der Waals surface area (Å²) >= 11 is 5.91. The van der Waals surface area contributed by atoms with Crippen LogP contribution >= 0.6 is 11.6 Å². The number of nitro groups is 1. The normalized spacial score (nSPS) is 15.2. The van der Waals surface area contributed by atoms with E-state index in [2.05, 4.69) is 5.32 Å². The van der Waals surface area contributed by atoms with Crippen LogP contribution in [0.25, 0.3) is 0 Å². The van der Waals surface area contributed by atoms with Gasteiger partial charge in [0, 0.05) is 18.7 Å². The minimum absolute atomic E-state index is 0.109. The van der Waals surface area contributed by atoms with Crippen molar-refractivity contribution in [3.63, 3.8) is 0 Å². The summed E-state index contributed by atoms with van der Waals surface area (Å²) in [6.45, 7) is 0.622. The topological polar surface area (TPSA) is 72.2 Å². The highest BCUT2D eigenvalue weighted by molar-refractivity contribution is 6.34. The summed E-state index contributed by atoms with van der Waals surface area (Å²) < 4.78 is 0. The number of amides is 1. The first kappa shape index (κ1) is 14.8. The predicted molar refractivity (Wildman–Crippen MR) is 77.0 cm³/mol. The van der Waals surface area contributed by atoms with Crippen LogP contribution in [-0.2, 0) is 0 Å². The number of nitrogens with one attached hydrogen (secondary N) is 1. The van der Waals surface area contributed by atoms with Crippen LogP contribution in [0.2, 0.25) is 5.02 Å². The lowest BCUT2D eigenvalue weighted by atomic mass is 10.0. The molecule has 1 saturated carbocycles. The number of benzene rings is 1. The third kappa shape index (κ3) is 3.70. The number of carbonyl (C=O) groups excluding carboxylic acids is 1. The van der Waals surface area contributed by atoms with Crippen molar-refractivity contribution >= 4 is 23.2 Å². The Labute approximate surface area is 122 Å². The number of nitrogens with zero attached hydrogens (tertiary/aromatic N) is 1. The van der Waals surface area contributed by atoms with E-state index < -0.39 is 4.92 Å². The highest BCUT2D eigenvalue weighted by Crippen LogP contribution is 2.27. The fourth-order valence-corrected chi connectivity index (χ4v) is 2.85. The van der Waals surface area contributed by atoms with Crippen molar-refractivity contribution in [1.29, 1.82) is 0 Å². The number of rotatable bonds is 5. The molecule has 0 unspecified atom stereocenters. The highest BCUT2D eigenvalue weighted by Gasteiger charge is 2.17. The minimum Gasteiger partial charge on any atom is -0.352 e. The van der Waals surface area contributed by atoms with Crippen LogP contribution < -0.4 is 5.32 Å². The maximum Gasteiger partial charge on any atom is 0.270 e. The van der Waals surface area contributed by atoms with Gasteiger partial charge in [-0.15, -0.1) is 0 Å². The van der Waals surface area contributed by atoms with E-state index >= 15 is 0 Å². The lowest BCUT2D eigenvalue weighted by Gasteiger charge is -2.10. The van der Waals surface area contributed by atoms with Gasteiger partial charge >= 0.3 is 0 Å². The van der Waals surface area contributed by atoms with Crippen molar-refractivity contribution in [1.82, 2.24) is 5.32 Å². The zero-order chi connectivity index (χ0) is 14.5. The second-order valence-electron chi connectivity index (χ2n) is 5.12. The van der Waals surface area contributed by atoms with Crippen LogP contribution in [0.5, 0.6) is 0 Å². The number of hydrogen-bond donors (Lipinski definition) is 1. The summed E-state index contributed by atoms with van der Waals surface area (Å²) in [5.41, 5.74) is 0.168. The van der Waals surface area contributed by atoms with Gasteiger partial charge in [-0.1, -0.05) is 37.3 Å². The van der Waals surface area contributed by atoms with Gasteiger partial charge < -0.3 is 5.32 Å². The standard InChI is InChI=1S/C14H17ClN2O3/c15-13-9-11(17(19)20)5-6-12(13)14(18)16-8-7-10-3-1-2-4-10/h5-6,9-10H,1-4,7-8H2,(H,16,18). The Morgan fingerprint density at radius 3 is 2.70 bits per heavy atom. The first-order valence-corrected chi connectivity index (χ1v) is 7.18. The molecule has 6 heteroatoms. The average Bonchev–Trinajstić information content (AvgIpc) is 2.91. The highest BCUT2D eigenvalue weighted by atomic mass is 35.5. The summed E-state index contributed by atoms with van der Waals surface area (Å²) in [5, 5.41) is 13.5. The van der Waals surface area contributed by atoms with Crippen LogP contribution in [0.4, 0.5) is 5.69 Å². The number of halogens is 1. The van der Waals surface area contributed by atoms with Gasteiger partial charge in [-0.25, -0.2) is 0 Å². The summed E-state index contributed by atoms with van der Waals surface area (Å²) in [6, 6.07) is 3.89. The first-order chi connectivity index (χ1) is 9.58. The second-order valence-corrected chi connectivity index (χ2v) is 5.52. The molecule has 0 bridgehead atoms. The van der Waals surface area contributed by atoms with Crippen LogP contribution in [0, 0.1) is 16.0 Å². The average molecular weight is 297 g/mol. The molecule has 0 atom stereocenters. The zero-order valence-corrected chi connectivity index (χ0v) is 11.9. The van der Waals surface area contributed by atoms with Gasteiger partial charge in [0.15, 0.2) is 0 Å². The Bertz CT molecular complexity index is 513. The summed E-state index contributed by atoms with van der Waals surface area (Å²) in [7, 11) is 0. The smallest absolute Gasteiger partial charge is 0.270 e. The third-order valence-corrected chi connectivity index (χ3v) is 4.03. The molecule has 0 spiro atoms. The van der Waals surface area contributed by atoms with Crippen molar-refractivity contribution in [2.75, 3.05) is 6.54 Å². The number of nitro benzene ring substituents is 1. The molecule has 5 nitrogen and oxygen atoms in total. The van der Waals surface area contributed by atoms with E-state index in [0.29, 0.717) is 12.5 Å². The number of non-ortho nitro benzene ring substituents is 1. The third-order valence-electron chi connectivity index (χ3n) is 3.72. The Kier molecular flexibility index (Phi) is 4.95. The van der Waals surface area contributed by atoms with Crippen molar-refractivity contribution in [2.45, 2.75) is 32.1 Å². The van der Waals surface area contributed by atoms with Crippen LogP contribution in [0.3, 0.4) is 0 Å². The van der Waals surface area contributed by atoms with Gasteiger partial charge in [0.2, 0.25) is 0 Å². The Balaban J connectivity index is 1.89. The molecule has 20 heavy (non-hydrogen) atoms. The van der Waals surface area contributed by atoms with Crippen LogP contribution in [0.1, 0.15) is 42.5 Å². The quantitative estimate of drug-likeness (QED) is 0.667. The number of hydrogen-bond acceptors (Lipinski definition) is 3. The Morgan fingerprint density at radius 1 is 1.40 bits per heavy atom. The molecule has 108 valence electrons. The molecule has 1 fully saturated rings. The van der Waals surface area contributed by atoms with Gasteiger partial charge in [-0.3, -0.25) is 14.9 Å². The Hall–Kier alpha value is -1.62. The maximum atomic E-state index is 12.0. The van der Waals surface area contributed by atoms with Gasteiger partial charge in [-0.05, 0) is 18.4 Å². The van der Waals surface area contributed by atoms with Gasteiger partial charge in [0.05, 0.1) is 15.5 Å². The van der Waals surface area contributed by atoms with Crippen molar-refractivity contribution < 1.29 is 9.72 Å². The van der Waals surface area contributed by atoms with E-state index in [1.54, 1.807) is 0 Å². The van der Waals surface area contributed by atoms with Crippen molar-refractivity contribution in [2.24, 2.45) is 5.92 Å². The van der Waals surface area contributed by atoms with E-state index in [-0.39, 0.29) is 22.2 Å². The lowest BCUT2D eigenvalue weighted by Crippen LogP contribution is -2.25. The lowest BCUT2D eigenvalue weighted by molar-refractivity contribution is -0.384. The van der Waals surface area contributed by atoms with E-state index in [9.17, 15) is 14.9 Å². The monoisotopic (exact) mass is 296 g/mol. The molecule has 0 saturated heterocycles. The molecule has 1 amide bonds.